The number of rotatable bonds is 9. The first-order valence-electron chi connectivity index (χ1n) is 6.34. The Hall–Kier alpha value is -0.530. The highest BCUT2D eigenvalue weighted by Gasteiger charge is 2.09. The van der Waals surface area contributed by atoms with Crippen molar-refractivity contribution in [2.24, 2.45) is 5.92 Å². The maximum atomic E-state index is 10.7. The first-order chi connectivity index (χ1) is 7.20. The Morgan fingerprint density at radius 3 is 2.33 bits per heavy atom. The quantitative estimate of drug-likeness (QED) is 0.429. The van der Waals surface area contributed by atoms with Crippen molar-refractivity contribution in [3.8, 4) is 0 Å². The minimum absolute atomic E-state index is 0.148. The molecule has 90 valence electrons. The fraction of sp³-hybridized carbons (Fsp3) is 0.923. The molecule has 0 saturated carbocycles. The first kappa shape index (κ1) is 14.5. The molecule has 0 aliphatic heterocycles. The average Bonchev–Trinajstić information content (AvgIpc) is 2.20. The smallest absolute Gasteiger partial charge is 0.302 e. The van der Waals surface area contributed by atoms with Crippen LogP contribution in [0.3, 0.4) is 0 Å². The third-order valence-electron chi connectivity index (χ3n) is 2.69. The van der Waals surface area contributed by atoms with Gasteiger partial charge in [-0.05, 0) is 18.8 Å². The Labute approximate surface area is 94.4 Å². The third-order valence-corrected chi connectivity index (χ3v) is 2.69. The van der Waals surface area contributed by atoms with Crippen LogP contribution in [0.2, 0.25) is 0 Å². The molecule has 1 unspecified atom stereocenters. The van der Waals surface area contributed by atoms with Gasteiger partial charge in [0.25, 0.3) is 0 Å². The summed E-state index contributed by atoms with van der Waals surface area (Å²) in [6, 6.07) is 0. The molecule has 0 heterocycles. The average molecular weight is 214 g/mol. The molecule has 0 aromatic carbocycles. The van der Waals surface area contributed by atoms with Crippen LogP contribution in [0.25, 0.3) is 0 Å². The van der Waals surface area contributed by atoms with Crippen molar-refractivity contribution in [1.82, 2.24) is 0 Å². The molecule has 0 saturated heterocycles. The summed E-state index contributed by atoms with van der Waals surface area (Å²) in [5, 5.41) is 0. The van der Waals surface area contributed by atoms with E-state index in [4.69, 9.17) is 4.74 Å². The van der Waals surface area contributed by atoms with Crippen LogP contribution in [-0.4, -0.2) is 12.6 Å². The maximum Gasteiger partial charge on any atom is 0.302 e. The summed E-state index contributed by atoms with van der Waals surface area (Å²) >= 11 is 0. The second-order valence-electron chi connectivity index (χ2n) is 4.31. The van der Waals surface area contributed by atoms with Crippen molar-refractivity contribution in [3.05, 3.63) is 0 Å². The van der Waals surface area contributed by atoms with Crippen molar-refractivity contribution in [2.45, 2.75) is 65.7 Å². The van der Waals surface area contributed by atoms with E-state index in [2.05, 4.69) is 13.8 Å². The predicted octanol–water partition coefficient (Wildman–Crippen LogP) is 3.94. The molecule has 0 fully saturated rings. The van der Waals surface area contributed by atoms with Crippen LogP contribution in [0.4, 0.5) is 0 Å². The van der Waals surface area contributed by atoms with Gasteiger partial charge in [-0.3, -0.25) is 4.79 Å². The van der Waals surface area contributed by atoms with E-state index in [0.717, 1.165) is 0 Å². The van der Waals surface area contributed by atoms with E-state index in [1.54, 1.807) is 0 Å². The lowest BCUT2D eigenvalue weighted by atomic mass is 9.97. The van der Waals surface area contributed by atoms with Gasteiger partial charge in [-0.2, -0.15) is 0 Å². The summed E-state index contributed by atoms with van der Waals surface area (Å²) in [5.74, 6) is 0.431. The number of esters is 1. The van der Waals surface area contributed by atoms with Gasteiger partial charge in [0.1, 0.15) is 0 Å². The molecule has 0 aliphatic rings. The molecule has 0 aromatic rings. The fourth-order valence-electron chi connectivity index (χ4n) is 1.81. The van der Waals surface area contributed by atoms with Crippen molar-refractivity contribution >= 4 is 5.97 Å². The largest absolute Gasteiger partial charge is 0.466 e. The Morgan fingerprint density at radius 1 is 1.07 bits per heavy atom. The fourth-order valence-corrected chi connectivity index (χ4v) is 1.81. The number of unbranched alkanes of at least 4 members (excludes halogenated alkanes) is 3. The Balaban J connectivity index is 3.57. The van der Waals surface area contributed by atoms with Gasteiger partial charge in [0.15, 0.2) is 0 Å². The highest BCUT2D eigenvalue weighted by molar-refractivity contribution is 5.65. The lowest BCUT2D eigenvalue weighted by Crippen LogP contribution is -2.12. The Bertz CT molecular complexity index is 155. The van der Waals surface area contributed by atoms with E-state index in [0.29, 0.717) is 12.5 Å². The van der Waals surface area contributed by atoms with Gasteiger partial charge in [0, 0.05) is 6.92 Å². The van der Waals surface area contributed by atoms with E-state index in [9.17, 15) is 4.79 Å². The summed E-state index contributed by atoms with van der Waals surface area (Å²) in [7, 11) is 0. The van der Waals surface area contributed by atoms with Gasteiger partial charge in [0.2, 0.25) is 0 Å². The van der Waals surface area contributed by atoms with Crippen molar-refractivity contribution in [2.75, 3.05) is 6.61 Å². The number of hydrogen-bond acceptors (Lipinski definition) is 2. The summed E-state index contributed by atoms with van der Waals surface area (Å²) < 4.78 is 5.07. The lowest BCUT2D eigenvalue weighted by Gasteiger charge is -2.15. The molecule has 0 N–H and O–H groups in total. The molecule has 2 nitrogen and oxygen atoms in total. The van der Waals surface area contributed by atoms with Crippen LogP contribution in [0.1, 0.15) is 65.7 Å². The maximum absolute atomic E-state index is 10.7. The summed E-state index contributed by atoms with van der Waals surface area (Å²) in [5.41, 5.74) is 0. The van der Waals surface area contributed by atoms with Crippen LogP contribution < -0.4 is 0 Å². The second-order valence-corrected chi connectivity index (χ2v) is 4.31. The number of ether oxygens (including phenoxy) is 1. The molecule has 1 atom stereocenters. The van der Waals surface area contributed by atoms with E-state index in [1.807, 2.05) is 0 Å². The standard InChI is InChI=1S/C13H26O2/c1-4-6-7-8-10-13(9-5-2)11-15-12(3)14/h13H,4-11H2,1-3H3. The topological polar surface area (TPSA) is 26.3 Å². The molecule has 0 aromatic heterocycles. The molecule has 2 heteroatoms. The molecule has 0 aliphatic carbocycles. The third kappa shape index (κ3) is 9.77. The van der Waals surface area contributed by atoms with Gasteiger partial charge < -0.3 is 4.74 Å². The van der Waals surface area contributed by atoms with Crippen molar-refractivity contribution in [1.29, 1.82) is 0 Å². The van der Waals surface area contributed by atoms with Crippen LogP contribution in [-0.2, 0) is 9.53 Å². The number of carbonyl (C=O) groups excluding carboxylic acids is 1. The molecule has 0 amide bonds. The van der Waals surface area contributed by atoms with Gasteiger partial charge in [0.05, 0.1) is 6.61 Å². The predicted molar refractivity (Wildman–Crippen MR) is 63.8 cm³/mol. The zero-order valence-corrected chi connectivity index (χ0v) is 10.6. The SMILES string of the molecule is CCCCCCC(CCC)COC(C)=O. The normalized spacial score (nSPS) is 12.5. The molecule has 0 bridgehead atoms. The van der Waals surface area contributed by atoms with Crippen LogP contribution >= 0.6 is 0 Å². The molecular weight excluding hydrogens is 188 g/mol. The van der Waals surface area contributed by atoms with Crippen LogP contribution in [0, 0.1) is 5.92 Å². The summed E-state index contributed by atoms with van der Waals surface area (Å²) in [4.78, 5) is 10.7. The van der Waals surface area contributed by atoms with Gasteiger partial charge in [-0.25, -0.2) is 0 Å². The van der Waals surface area contributed by atoms with Crippen LogP contribution in [0.5, 0.6) is 0 Å². The molecule has 15 heavy (non-hydrogen) atoms. The number of hydrogen-bond donors (Lipinski definition) is 0. The van der Waals surface area contributed by atoms with E-state index in [-0.39, 0.29) is 5.97 Å². The first-order valence-corrected chi connectivity index (χ1v) is 6.34. The van der Waals surface area contributed by atoms with Gasteiger partial charge >= 0.3 is 5.97 Å². The van der Waals surface area contributed by atoms with E-state index in [1.165, 1.54) is 51.9 Å². The number of carbonyl (C=O) groups is 1. The van der Waals surface area contributed by atoms with Crippen molar-refractivity contribution < 1.29 is 9.53 Å². The van der Waals surface area contributed by atoms with Gasteiger partial charge in [-0.1, -0.05) is 46.0 Å². The van der Waals surface area contributed by atoms with Crippen molar-refractivity contribution in [3.63, 3.8) is 0 Å². The molecule has 0 radical (unpaired) electrons. The van der Waals surface area contributed by atoms with Crippen LogP contribution in [0.15, 0.2) is 0 Å². The van der Waals surface area contributed by atoms with E-state index < -0.39 is 0 Å². The highest BCUT2D eigenvalue weighted by Crippen LogP contribution is 2.16. The monoisotopic (exact) mass is 214 g/mol. The lowest BCUT2D eigenvalue weighted by molar-refractivity contribution is -0.142. The zero-order valence-electron chi connectivity index (χ0n) is 10.6. The minimum atomic E-state index is -0.148. The second kappa shape index (κ2) is 10.0. The summed E-state index contributed by atoms with van der Waals surface area (Å²) in [6.07, 6.45) is 8.77. The Morgan fingerprint density at radius 2 is 1.80 bits per heavy atom. The highest BCUT2D eigenvalue weighted by atomic mass is 16.5. The Kier molecular flexibility index (Phi) is 9.65. The summed E-state index contributed by atoms with van der Waals surface area (Å²) in [6.45, 7) is 6.52. The molecule has 0 spiro atoms. The minimum Gasteiger partial charge on any atom is -0.466 e. The van der Waals surface area contributed by atoms with Gasteiger partial charge in [-0.15, -0.1) is 0 Å². The molecular formula is C13H26O2. The van der Waals surface area contributed by atoms with E-state index >= 15 is 0 Å². The zero-order chi connectivity index (χ0) is 11.5. The molecule has 0 rings (SSSR count).